The number of hydrogen-bond donors (Lipinski definition) is 2. The number of benzene rings is 2. The van der Waals surface area contributed by atoms with E-state index >= 15 is 0 Å². The zero-order valence-electron chi connectivity index (χ0n) is 15.5. The molecule has 26 heavy (non-hydrogen) atoms. The summed E-state index contributed by atoms with van der Waals surface area (Å²) in [6.45, 7) is 2.10. The highest BCUT2D eigenvalue weighted by atomic mass is 19.1. The number of rotatable bonds is 6. The fraction of sp³-hybridized carbons (Fsp3) is 0.409. The van der Waals surface area contributed by atoms with E-state index in [1.54, 1.807) is 13.0 Å². The fourth-order valence-electron chi connectivity index (χ4n) is 3.63. The quantitative estimate of drug-likeness (QED) is 0.759. The molecule has 1 aliphatic carbocycles. The molecular weight excluding hydrogens is 327 g/mol. The number of carbonyl (C=O) groups excluding carboxylic acids is 1. The van der Waals surface area contributed by atoms with Crippen LogP contribution in [-0.2, 0) is 6.54 Å². The summed E-state index contributed by atoms with van der Waals surface area (Å²) in [5.74, 6) is -0.126. The third-order valence-corrected chi connectivity index (χ3v) is 5.39. The Kier molecular flexibility index (Phi) is 6.17. The summed E-state index contributed by atoms with van der Waals surface area (Å²) >= 11 is 0. The maximum absolute atomic E-state index is 14.2. The summed E-state index contributed by atoms with van der Waals surface area (Å²) in [4.78, 5) is 11.4. The zero-order valence-corrected chi connectivity index (χ0v) is 15.5. The second kappa shape index (κ2) is 8.56. The standard InChI is InChI=1S/C22H27FN2O/c1-15(26)16-3-5-17(6-4-16)18-7-12-22(23)19(13-18)14-25-21-10-8-20(24-2)9-11-21/h3-7,12-13,20-21,24-25H,8-11,14H2,1-2H3. The van der Waals surface area contributed by atoms with Gasteiger partial charge in [-0.05, 0) is 62.9 Å². The minimum Gasteiger partial charge on any atom is -0.317 e. The Morgan fingerprint density at radius 2 is 1.62 bits per heavy atom. The molecule has 1 fully saturated rings. The number of Topliss-reactive ketones (excluding diaryl/α,β-unsaturated/α-hetero) is 1. The monoisotopic (exact) mass is 354 g/mol. The highest BCUT2D eigenvalue weighted by molar-refractivity contribution is 5.94. The molecule has 1 aliphatic rings. The van der Waals surface area contributed by atoms with Crippen molar-refractivity contribution in [2.45, 2.75) is 51.2 Å². The Hall–Kier alpha value is -2.04. The van der Waals surface area contributed by atoms with E-state index in [1.165, 1.54) is 18.9 Å². The molecule has 3 nitrogen and oxygen atoms in total. The van der Waals surface area contributed by atoms with E-state index in [0.29, 0.717) is 29.8 Å². The second-order valence-electron chi connectivity index (χ2n) is 7.16. The Labute approximate surface area is 155 Å². The van der Waals surface area contributed by atoms with Crippen molar-refractivity contribution in [3.63, 3.8) is 0 Å². The molecule has 4 heteroatoms. The van der Waals surface area contributed by atoms with Crippen LogP contribution in [0.15, 0.2) is 42.5 Å². The third-order valence-electron chi connectivity index (χ3n) is 5.39. The molecule has 0 bridgehead atoms. The van der Waals surface area contributed by atoms with E-state index in [2.05, 4.69) is 10.6 Å². The molecule has 0 saturated heterocycles. The van der Waals surface area contributed by atoms with E-state index in [1.807, 2.05) is 37.4 Å². The van der Waals surface area contributed by atoms with Gasteiger partial charge in [0.2, 0.25) is 0 Å². The minimum absolute atomic E-state index is 0.0496. The molecule has 0 aromatic heterocycles. The van der Waals surface area contributed by atoms with Crippen molar-refractivity contribution in [3.8, 4) is 11.1 Å². The molecule has 0 spiro atoms. The van der Waals surface area contributed by atoms with Crippen LogP contribution in [0.4, 0.5) is 4.39 Å². The largest absolute Gasteiger partial charge is 0.317 e. The summed E-state index contributed by atoms with van der Waals surface area (Å²) in [6.07, 6.45) is 4.58. The number of halogens is 1. The first-order chi connectivity index (χ1) is 12.6. The van der Waals surface area contributed by atoms with Gasteiger partial charge in [0, 0.05) is 29.8 Å². The lowest BCUT2D eigenvalue weighted by atomic mass is 9.91. The molecule has 3 rings (SSSR count). The molecule has 0 heterocycles. The van der Waals surface area contributed by atoms with E-state index in [9.17, 15) is 9.18 Å². The van der Waals surface area contributed by atoms with Crippen LogP contribution in [0.25, 0.3) is 11.1 Å². The van der Waals surface area contributed by atoms with Gasteiger partial charge < -0.3 is 10.6 Å². The molecule has 2 N–H and O–H groups in total. The second-order valence-corrected chi connectivity index (χ2v) is 7.16. The highest BCUT2D eigenvalue weighted by Crippen LogP contribution is 2.24. The first-order valence-electron chi connectivity index (χ1n) is 9.37. The smallest absolute Gasteiger partial charge is 0.159 e. The molecule has 0 unspecified atom stereocenters. The van der Waals surface area contributed by atoms with Crippen LogP contribution in [0.5, 0.6) is 0 Å². The molecule has 2 aromatic carbocycles. The minimum atomic E-state index is -0.175. The molecule has 0 amide bonds. The normalized spacial score (nSPS) is 20.1. The first kappa shape index (κ1) is 18.7. The van der Waals surface area contributed by atoms with Crippen molar-refractivity contribution in [2.75, 3.05) is 7.05 Å². The number of hydrogen-bond acceptors (Lipinski definition) is 3. The maximum atomic E-state index is 14.2. The van der Waals surface area contributed by atoms with E-state index in [0.717, 1.165) is 24.0 Å². The molecular formula is C22H27FN2O. The topological polar surface area (TPSA) is 41.1 Å². The fourth-order valence-corrected chi connectivity index (χ4v) is 3.63. The predicted octanol–water partition coefficient (Wildman–Crippen LogP) is 4.32. The van der Waals surface area contributed by atoms with Crippen LogP contribution in [0.2, 0.25) is 0 Å². The average Bonchev–Trinajstić information content (AvgIpc) is 2.68. The highest BCUT2D eigenvalue weighted by Gasteiger charge is 2.19. The van der Waals surface area contributed by atoms with Gasteiger partial charge in [-0.2, -0.15) is 0 Å². The molecule has 0 radical (unpaired) electrons. The average molecular weight is 354 g/mol. The Bertz CT molecular complexity index is 749. The lowest BCUT2D eigenvalue weighted by Gasteiger charge is -2.29. The molecule has 1 saturated carbocycles. The summed E-state index contributed by atoms with van der Waals surface area (Å²) in [5, 5.41) is 6.85. The van der Waals surface area contributed by atoms with Crippen LogP contribution in [-0.4, -0.2) is 24.9 Å². The van der Waals surface area contributed by atoms with E-state index in [4.69, 9.17) is 0 Å². The number of carbonyl (C=O) groups is 1. The van der Waals surface area contributed by atoms with Crippen molar-refractivity contribution in [1.29, 1.82) is 0 Å². The van der Waals surface area contributed by atoms with Gasteiger partial charge in [0.25, 0.3) is 0 Å². The first-order valence-corrected chi connectivity index (χ1v) is 9.37. The van der Waals surface area contributed by atoms with Gasteiger partial charge in [-0.3, -0.25) is 4.79 Å². The SMILES string of the molecule is CNC1CCC(NCc2cc(-c3ccc(C(C)=O)cc3)ccc2F)CC1. The van der Waals surface area contributed by atoms with Crippen molar-refractivity contribution < 1.29 is 9.18 Å². The van der Waals surface area contributed by atoms with Crippen LogP contribution >= 0.6 is 0 Å². The lowest BCUT2D eigenvalue weighted by molar-refractivity contribution is 0.101. The van der Waals surface area contributed by atoms with Gasteiger partial charge in [-0.15, -0.1) is 0 Å². The third kappa shape index (κ3) is 4.57. The molecule has 0 atom stereocenters. The van der Waals surface area contributed by atoms with Gasteiger partial charge in [0.1, 0.15) is 5.82 Å². The Morgan fingerprint density at radius 3 is 2.23 bits per heavy atom. The van der Waals surface area contributed by atoms with Crippen molar-refractivity contribution in [2.24, 2.45) is 0 Å². The van der Waals surface area contributed by atoms with Crippen molar-refractivity contribution in [3.05, 3.63) is 59.4 Å². The van der Waals surface area contributed by atoms with Gasteiger partial charge in [-0.1, -0.05) is 30.3 Å². The van der Waals surface area contributed by atoms with Crippen LogP contribution in [0, 0.1) is 5.82 Å². The van der Waals surface area contributed by atoms with Gasteiger partial charge in [0.15, 0.2) is 5.78 Å². The molecule has 138 valence electrons. The summed E-state index contributed by atoms with van der Waals surface area (Å²) < 4.78 is 14.2. The van der Waals surface area contributed by atoms with Crippen LogP contribution < -0.4 is 10.6 Å². The number of ketones is 1. The number of nitrogens with one attached hydrogen (secondary N) is 2. The van der Waals surface area contributed by atoms with Crippen molar-refractivity contribution >= 4 is 5.78 Å². The van der Waals surface area contributed by atoms with E-state index < -0.39 is 0 Å². The van der Waals surface area contributed by atoms with Gasteiger partial charge in [-0.25, -0.2) is 4.39 Å². The Morgan fingerprint density at radius 1 is 1.00 bits per heavy atom. The lowest BCUT2D eigenvalue weighted by Crippen LogP contribution is -2.38. The maximum Gasteiger partial charge on any atom is 0.159 e. The summed E-state index contributed by atoms with van der Waals surface area (Å²) in [5.41, 5.74) is 3.34. The molecule has 0 aliphatic heterocycles. The van der Waals surface area contributed by atoms with Gasteiger partial charge >= 0.3 is 0 Å². The summed E-state index contributed by atoms with van der Waals surface area (Å²) in [7, 11) is 2.02. The predicted molar refractivity (Wildman–Crippen MR) is 104 cm³/mol. The van der Waals surface area contributed by atoms with Gasteiger partial charge in [0.05, 0.1) is 0 Å². The van der Waals surface area contributed by atoms with Crippen LogP contribution in [0.3, 0.4) is 0 Å². The van der Waals surface area contributed by atoms with Crippen molar-refractivity contribution in [1.82, 2.24) is 10.6 Å². The van der Waals surface area contributed by atoms with Crippen LogP contribution in [0.1, 0.15) is 48.5 Å². The zero-order chi connectivity index (χ0) is 18.5. The Balaban J connectivity index is 1.67. The molecule has 2 aromatic rings. The van der Waals surface area contributed by atoms with E-state index in [-0.39, 0.29) is 11.6 Å². The summed E-state index contributed by atoms with van der Waals surface area (Å²) in [6, 6.07) is 13.8.